The number of hydrogen-bond donors (Lipinski definition) is 25. The summed E-state index contributed by atoms with van der Waals surface area (Å²) in [6.45, 7) is -0.315. The fourth-order valence-corrected chi connectivity index (χ4v) is 10.2. The predicted molar refractivity (Wildman–Crippen MR) is 394 cm³/mol. The van der Waals surface area contributed by atoms with Gasteiger partial charge in [-0.1, -0.05) is 60.7 Å². The molecule has 0 saturated heterocycles. The Morgan fingerprint density at radius 3 is 1.21 bits per heavy atom. The molecule has 0 aromatic heterocycles. The molecule has 31 N–H and O–H groups in total. The monoisotopic (exact) mass is 1520 g/mol. The zero-order valence-electron chi connectivity index (χ0n) is 58.8. The standard InChI is InChI=1S/C64H105N23O16S2/c1-35(53(94)81-42(21-13-25-73-63(69)70)55(96)83-41(20-10-12-24-66)58(99)86-46(33-104)52(68)93)78-60(101)45(32-88)85-57(98)40(19-9-11-23-65)82-56(97)43(22-14-26-74-64(71)72)84-61(102)47(34-105)80-50(92)31-77-62(103)51(36(2)89)87-59(100)44(28-38-17-7-4-8-18-38)79-49(91)30-75-48(90)29-76-54(95)39(67)27-37-15-5-3-6-16-37/h3-8,15-18,35-36,39-47,51,88-89,104-105H,9-14,19-34,65-67H2,1-2H3,(H2,68,93)(H,75,90)(H,76,95)(H,77,103)(H,78,101)(H,79,91)(H,80,92)(H,81,94)(H,82,97)(H,83,96)(H,84,102)(H,85,98)(H,86,99)(H,87,100)(H4,69,70,73)(H4,71,72,74)/t35-,36+,39-,40-,41-,42-,43-,44-,45-,46-,47-,51-/m0/s1. The van der Waals surface area contributed by atoms with E-state index in [9.17, 15) is 77.3 Å². The van der Waals surface area contributed by atoms with E-state index in [1.807, 2.05) is 0 Å². The molecule has 584 valence electrons. The molecule has 0 spiro atoms. The van der Waals surface area contributed by atoms with Crippen LogP contribution in [-0.4, -0.2) is 241 Å². The first-order chi connectivity index (χ1) is 49.9. The number of aliphatic hydroxyl groups is 2. The Balaban J connectivity index is 2.24. The molecule has 12 atom stereocenters. The molecule has 41 heteroatoms. The van der Waals surface area contributed by atoms with Crippen LogP contribution < -0.4 is 115 Å². The van der Waals surface area contributed by atoms with Crippen molar-refractivity contribution < 1.29 is 77.3 Å². The van der Waals surface area contributed by atoms with E-state index in [4.69, 9.17) is 45.9 Å². The molecule has 105 heavy (non-hydrogen) atoms. The van der Waals surface area contributed by atoms with E-state index in [1.54, 1.807) is 60.7 Å². The Hall–Kier alpha value is -9.94. The quantitative estimate of drug-likeness (QED) is 0.0127. The third kappa shape index (κ3) is 36.9. The average Bonchev–Trinajstić information content (AvgIpc) is 0.873. The zero-order valence-corrected chi connectivity index (χ0v) is 60.6. The van der Waals surface area contributed by atoms with Crippen molar-refractivity contribution in [3.05, 3.63) is 71.8 Å². The average molecular weight is 1520 g/mol. The number of rotatable bonds is 51. The summed E-state index contributed by atoms with van der Waals surface area (Å²) in [4.78, 5) is 196. The highest BCUT2D eigenvalue weighted by molar-refractivity contribution is 7.80. The van der Waals surface area contributed by atoms with E-state index in [0.717, 1.165) is 12.5 Å². The van der Waals surface area contributed by atoms with Gasteiger partial charge in [-0.15, -0.1) is 0 Å². The fourth-order valence-electron chi connectivity index (χ4n) is 9.69. The number of thiol groups is 2. The molecule has 14 amide bonds. The van der Waals surface area contributed by atoms with Crippen LogP contribution in [0.15, 0.2) is 70.6 Å². The summed E-state index contributed by atoms with van der Waals surface area (Å²) in [5.41, 5.74) is 46.1. The van der Waals surface area contributed by atoms with Gasteiger partial charge in [0.25, 0.3) is 0 Å². The second kappa shape index (κ2) is 50.5. The lowest BCUT2D eigenvalue weighted by Gasteiger charge is -2.27. The van der Waals surface area contributed by atoms with Crippen molar-refractivity contribution in [2.45, 2.75) is 163 Å². The number of nitrogens with two attached hydrogens (primary N) is 8. The molecule has 0 aliphatic rings. The minimum absolute atomic E-state index is 0.0132. The van der Waals surface area contributed by atoms with Crippen LogP contribution in [0.5, 0.6) is 0 Å². The van der Waals surface area contributed by atoms with Crippen molar-refractivity contribution in [3.8, 4) is 0 Å². The normalized spacial score (nSPS) is 14.3. The van der Waals surface area contributed by atoms with Crippen LogP contribution >= 0.6 is 25.3 Å². The van der Waals surface area contributed by atoms with Crippen molar-refractivity contribution in [1.29, 1.82) is 0 Å². The minimum atomic E-state index is -1.77. The van der Waals surface area contributed by atoms with Gasteiger partial charge in [0.2, 0.25) is 82.7 Å². The lowest BCUT2D eigenvalue weighted by atomic mass is 10.0. The SMILES string of the molecule is C[C@H](NC(=O)[C@H](CO)NC(=O)[C@H](CCCCN)NC(=O)[C@H](CCCN=C(N)N)NC(=O)[C@H](CS)NC(=O)CNC(=O)[C@@H](NC(=O)[C@H](Cc1ccccc1)NC(=O)CNC(=O)CNC(=O)[C@@H](N)Cc1ccccc1)[C@@H](C)O)C(=O)N[C@@H](CCCN=C(N)N)C(=O)N[C@@H](CCCCN)C(=O)N[C@@H](CS)C(N)=O. The molecular formula is C64H105N23O16S2. The number of aliphatic imine (C=N–C) groups is 2. The van der Waals surface area contributed by atoms with Crippen molar-refractivity contribution >= 4 is 120 Å². The first kappa shape index (κ1) is 91.1. The van der Waals surface area contributed by atoms with E-state index in [1.165, 1.54) is 6.92 Å². The number of hydrogen-bond acceptors (Lipinski definition) is 23. The number of primary amides is 1. The van der Waals surface area contributed by atoms with E-state index in [-0.39, 0.29) is 102 Å². The lowest BCUT2D eigenvalue weighted by Crippen LogP contribution is -2.60. The van der Waals surface area contributed by atoms with Gasteiger partial charge in [-0.05, 0) is 109 Å². The highest BCUT2D eigenvalue weighted by Crippen LogP contribution is 2.11. The van der Waals surface area contributed by atoms with Crippen LogP contribution in [0.3, 0.4) is 0 Å². The molecule has 2 aromatic rings. The molecule has 2 aromatic carbocycles. The Morgan fingerprint density at radius 1 is 0.410 bits per heavy atom. The van der Waals surface area contributed by atoms with Crippen LogP contribution in [0.2, 0.25) is 0 Å². The topological polar surface area (TPSA) is 669 Å². The molecule has 0 saturated carbocycles. The molecular weight excluding hydrogens is 1410 g/mol. The third-order valence-corrected chi connectivity index (χ3v) is 16.2. The van der Waals surface area contributed by atoms with Crippen LogP contribution in [0.25, 0.3) is 0 Å². The lowest BCUT2D eigenvalue weighted by molar-refractivity contribution is -0.136. The Morgan fingerprint density at radius 2 is 0.781 bits per heavy atom. The summed E-state index contributed by atoms with van der Waals surface area (Å²) in [6.07, 6.45) is -0.361. The van der Waals surface area contributed by atoms with Gasteiger partial charge in [-0.2, -0.15) is 25.3 Å². The van der Waals surface area contributed by atoms with Crippen LogP contribution in [0, 0.1) is 0 Å². The van der Waals surface area contributed by atoms with Gasteiger partial charge in [0, 0.05) is 31.0 Å². The van der Waals surface area contributed by atoms with Gasteiger partial charge >= 0.3 is 0 Å². The number of benzene rings is 2. The maximum Gasteiger partial charge on any atom is 0.245 e. The van der Waals surface area contributed by atoms with Gasteiger partial charge < -0.3 is 125 Å². The van der Waals surface area contributed by atoms with Crippen molar-refractivity contribution in [1.82, 2.24) is 69.1 Å². The number of guanidine groups is 2. The number of carbonyl (C=O) groups is 14. The van der Waals surface area contributed by atoms with Crippen LogP contribution in [0.4, 0.5) is 0 Å². The minimum Gasteiger partial charge on any atom is -0.394 e. The van der Waals surface area contributed by atoms with Gasteiger partial charge in [0.05, 0.1) is 38.4 Å². The van der Waals surface area contributed by atoms with Crippen molar-refractivity contribution in [3.63, 3.8) is 0 Å². The van der Waals surface area contributed by atoms with Gasteiger partial charge in [-0.3, -0.25) is 77.1 Å². The Labute approximate surface area is 618 Å². The molecule has 0 radical (unpaired) electrons. The van der Waals surface area contributed by atoms with E-state index in [2.05, 4.69) is 104 Å². The highest BCUT2D eigenvalue weighted by atomic mass is 32.1. The van der Waals surface area contributed by atoms with Gasteiger partial charge in [-0.25, -0.2) is 0 Å². The van der Waals surface area contributed by atoms with E-state index < -0.39 is 187 Å². The van der Waals surface area contributed by atoms with E-state index >= 15 is 0 Å². The van der Waals surface area contributed by atoms with Gasteiger partial charge in [0.15, 0.2) is 11.9 Å². The summed E-state index contributed by atoms with van der Waals surface area (Å²) in [6, 6.07) is 1.60. The van der Waals surface area contributed by atoms with Crippen LogP contribution in [-0.2, 0) is 80.0 Å². The highest BCUT2D eigenvalue weighted by Gasteiger charge is 2.35. The maximum absolute atomic E-state index is 14.3. The Kier molecular flexibility index (Phi) is 43.8. The zero-order chi connectivity index (χ0) is 78.6. The molecule has 0 unspecified atom stereocenters. The number of nitrogens with zero attached hydrogens (tertiary/aromatic N) is 2. The molecule has 0 aliphatic heterocycles. The number of aliphatic hydroxyl groups excluding tert-OH is 2. The summed E-state index contributed by atoms with van der Waals surface area (Å²) in [5.74, 6) is -13.9. The largest absolute Gasteiger partial charge is 0.394 e. The summed E-state index contributed by atoms with van der Waals surface area (Å²) in [7, 11) is 0. The predicted octanol–water partition coefficient (Wildman–Crippen LogP) is -9.90. The van der Waals surface area contributed by atoms with E-state index in [0.29, 0.717) is 24.8 Å². The number of nitrogens with one attached hydrogen (secondary N) is 13. The molecule has 0 heterocycles. The first-order valence-corrected chi connectivity index (χ1v) is 35.1. The second-order valence-corrected chi connectivity index (χ2v) is 24.9. The summed E-state index contributed by atoms with van der Waals surface area (Å²) < 4.78 is 0. The molecule has 0 aliphatic carbocycles. The smallest absolute Gasteiger partial charge is 0.245 e. The van der Waals surface area contributed by atoms with Crippen molar-refractivity contribution in [2.75, 3.05) is 63.9 Å². The molecule has 0 bridgehead atoms. The second-order valence-electron chi connectivity index (χ2n) is 24.2. The van der Waals surface area contributed by atoms with Crippen LogP contribution in [0.1, 0.15) is 89.2 Å². The molecule has 39 nitrogen and oxygen atoms in total. The maximum atomic E-state index is 14.3. The fraction of sp³-hybridized carbons (Fsp3) is 0.562. The van der Waals surface area contributed by atoms with Gasteiger partial charge in [0.1, 0.15) is 60.4 Å². The number of carbonyl (C=O) groups excluding carboxylic acids is 14. The van der Waals surface area contributed by atoms with Crippen molar-refractivity contribution in [2.24, 2.45) is 55.9 Å². The molecule has 0 fully saturated rings. The third-order valence-electron chi connectivity index (χ3n) is 15.5. The summed E-state index contributed by atoms with van der Waals surface area (Å²) >= 11 is 8.26. The first-order valence-electron chi connectivity index (χ1n) is 33.9. The molecule has 2 rings (SSSR count). The number of unbranched alkanes of at least 4 members (excludes halogenated alkanes) is 2. The Bertz CT molecular complexity index is 3230. The number of amides is 14. The summed E-state index contributed by atoms with van der Waals surface area (Å²) in [5, 5.41) is 52.7.